The summed E-state index contributed by atoms with van der Waals surface area (Å²) < 4.78 is 57.7. The Bertz CT molecular complexity index is 1690. The van der Waals surface area contributed by atoms with Crippen LogP contribution in [0, 0.1) is 11.6 Å². The summed E-state index contributed by atoms with van der Waals surface area (Å²) in [5.74, 6) is -2.60. The van der Waals surface area contributed by atoms with E-state index < -0.39 is 46.1 Å². The number of halogens is 3. The van der Waals surface area contributed by atoms with Gasteiger partial charge in [-0.2, -0.15) is 0 Å². The fraction of sp³-hybridized carbons (Fsp3) is 0.212. The topological polar surface area (TPSA) is 86.8 Å². The van der Waals surface area contributed by atoms with Gasteiger partial charge < -0.3 is 10.2 Å². The molecule has 2 amide bonds. The first kappa shape index (κ1) is 32.6. The summed E-state index contributed by atoms with van der Waals surface area (Å²) in [6, 6.07) is 24.5. The van der Waals surface area contributed by atoms with Crippen LogP contribution in [-0.4, -0.2) is 44.3 Å². The number of nitrogens with zero attached hydrogens (tertiary/aromatic N) is 2. The minimum Gasteiger partial charge on any atom is -0.354 e. The van der Waals surface area contributed by atoms with Crippen LogP contribution in [0.25, 0.3) is 0 Å². The summed E-state index contributed by atoms with van der Waals surface area (Å²) in [5, 5.41) is 2.49. The number of amides is 2. The van der Waals surface area contributed by atoms with Crippen molar-refractivity contribution >= 4 is 39.1 Å². The summed E-state index contributed by atoms with van der Waals surface area (Å²) in [4.78, 5) is 29.0. The zero-order valence-corrected chi connectivity index (χ0v) is 25.6. The Hall–Kier alpha value is -4.28. The SMILES string of the molecule is CCCNC(=O)[C@H](Cc1ccccc1)N(Cc1ccccc1F)C(=O)CN(c1ccc(F)c(Cl)c1)S(=O)(=O)c1ccccc1. The molecule has 44 heavy (non-hydrogen) atoms. The number of nitrogens with one attached hydrogen (secondary N) is 1. The number of sulfonamides is 1. The Morgan fingerprint density at radius 3 is 2.14 bits per heavy atom. The van der Waals surface area contributed by atoms with Crippen LogP contribution in [0.15, 0.2) is 108 Å². The molecule has 7 nitrogen and oxygen atoms in total. The lowest BCUT2D eigenvalue weighted by atomic mass is 10.0. The van der Waals surface area contributed by atoms with Gasteiger partial charge in [0.25, 0.3) is 10.0 Å². The summed E-state index contributed by atoms with van der Waals surface area (Å²) >= 11 is 6.02. The molecule has 0 aliphatic carbocycles. The van der Waals surface area contributed by atoms with Gasteiger partial charge >= 0.3 is 0 Å². The minimum atomic E-state index is -4.38. The maximum Gasteiger partial charge on any atom is 0.264 e. The van der Waals surface area contributed by atoms with Gasteiger partial charge in [-0.25, -0.2) is 17.2 Å². The van der Waals surface area contributed by atoms with E-state index in [1.165, 1.54) is 53.4 Å². The number of rotatable bonds is 13. The smallest absolute Gasteiger partial charge is 0.264 e. The van der Waals surface area contributed by atoms with Crippen LogP contribution < -0.4 is 9.62 Å². The fourth-order valence-electron chi connectivity index (χ4n) is 4.62. The highest BCUT2D eigenvalue weighted by Gasteiger charge is 2.35. The van der Waals surface area contributed by atoms with E-state index in [2.05, 4.69) is 5.32 Å². The molecular formula is C33H32ClF2N3O4S. The van der Waals surface area contributed by atoms with Crippen molar-refractivity contribution < 1.29 is 26.8 Å². The Morgan fingerprint density at radius 1 is 0.864 bits per heavy atom. The van der Waals surface area contributed by atoms with Crippen molar-refractivity contribution in [2.45, 2.75) is 37.2 Å². The van der Waals surface area contributed by atoms with Crippen molar-refractivity contribution in [2.24, 2.45) is 0 Å². The minimum absolute atomic E-state index is 0.0607. The molecule has 4 rings (SSSR count). The highest BCUT2D eigenvalue weighted by molar-refractivity contribution is 7.92. The molecule has 4 aromatic carbocycles. The van der Waals surface area contributed by atoms with Crippen molar-refractivity contribution in [3.05, 3.63) is 131 Å². The second-order valence-electron chi connectivity index (χ2n) is 10.0. The summed E-state index contributed by atoms with van der Waals surface area (Å²) in [6.07, 6.45) is 0.726. The Morgan fingerprint density at radius 2 is 1.50 bits per heavy atom. The van der Waals surface area contributed by atoms with Gasteiger partial charge in [0.15, 0.2) is 0 Å². The Kier molecular flexibility index (Phi) is 11.1. The van der Waals surface area contributed by atoms with Gasteiger partial charge in [-0.1, -0.05) is 85.3 Å². The zero-order valence-electron chi connectivity index (χ0n) is 24.0. The second-order valence-corrected chi connectivity index (χ2v) is 12.3. The Balaban J connectivity index is 1.81. The van der Waals surface area contributed by atoms with Crippen molar-refractivity contribution in [2.75, 3.05) is 17.4 Å². The molecule has 0 aromatic heterocycles. The van der Waals surface area contributed by atoms with Crippen LogP contribution in [0.3, 0.4) is 0 Å². The summed E-state index contributed by atoms with van der Waals surface area (Å²) in [7, 11) is -4.38. The van der Waals surface area contributed by atoms with Gasteiger partial charge in [-0.15, -0.1) is 0 Å². The van der Waals surface area contributed by atoms with Crippen molar-refractivity contribution in [1.29, 1.82) is 0 Å². The number of carbonyl (C=O) groups is 2. The third-order valence-electron chi connectivity index (χ3n) is 6.92. The molecule has 1 N–H and O–H groups in total. The molecule has 0 unspecified atom stereocenters. The van der Waals surface area contributed by atoms with Gasteiger partial charge in [0, 0.05) is 25.1 Å². The lowest BCUT2D eigenvalue weighted by molar-refractivity contribution is -0.140. The Labute approximate surface area is 261 Å². The molecule has 0 bridgehead atoms. The highest BCUT2D eigenvalue weighted by atomic mass is 35.5. The lowest BCUT2D eigenvalue weighted by Gasteiger charge is -2.34. The first-order valence-corrected chi connectivity index (χ1v) is 15.8. The van der Waals surface area contributed by atoms with E-state index in [0.717, 1.165) is 22.0 Å². The zero-order chi connectivity index (χ0) is 31.7. The fourth-order valence-corrected chi connectivity index (χ4v) is 6.22. The average molecular weight is 640 g/mol. The van der Waals surface area contributed by atoms with E-state index in [1.807, 2.05) is 13.0 Å². The number of carbonyl (C=O) groups excluding carboxylic acids is 2. The van der Waals surface area contributed by atoms with E-state index >= 15 is 0 Å². The molecular weight excluding hydrogens is 608 g/mol. The molecule has 0 radical (unpaired) electrons. The molecule has 230 valence electrons. The van der Waals surface area contributed by atoms with Crippen molar-refractivity contribution in [3.8, 4) is 0 Å². The first-order valence-electron chi connectivity index (χ1n) is 14.0. The summed E-state index contributed by atoms with van der Waals surface area (Å²) in [6.45, 7) is 1.13. The third kappa shape index (κ3) is 8.00. The number of hydrogen-bond acceptors (Lipinski definition) is 4. The largest absolute Gasteiger partial charge is 0.354 e. The van der Waals surface area contributed by atoms with Gasteiger partial charge in [0.2, 0.25) is 11.8 Å². The second kappa shape index (κ2) is 14.9. The molecule has 0 saturated heterocycles. The van der Waals surface area contributed by atoms with E-state index in [9.17, 15) is 26.8 Å². The van der Waals surface area contributed by atoms with E-state index in [4.69, 9.17) is 11.6 Å². The van der Waals surface area contributed by atoms with Crippen LogP contribution >= 0.6 is 11.6 Å². The molecule has 0 fully saturated rings. The molecule has 0 spiro atoms. The van der Waals surface area contributed by atoms with Crippen LogP contribution in [-0.2, 0) is 32.6 Å². The van der Waals surface area contributed by atoms with Crippen LogP contribution in [0.5, 0.6) is 0 Å². The normalized spacial score (nSPS) is 11.9. The predicted molar refractivity (Wildman–Crippen MR) is 167 cm³/mol. The van der Waals surface area contributed by atoms with Crippen molar-refractivity contribution in [3.63, 3.8) is 0 Å². The maximum absolute atomic E-state index is 14.9. The average Bonchev–Trinajstić information content (AvgIpc) is 3.03. The van der Waals surface area contributed by atoms with Gasteiger partial charge in [0.1, 0.15) is 24.2 Å². The van der Waals surface area contributed by atoms with E-state index in [1.54, 1.807) is 36.4 Å². The summed E-state index contributed by atoms with van der Waals surface area (Å²) in [5.41, 5.74) is 0.827. The highest BCUT2D eigenvalue weighted by Crippen LogP contribution is 2.28. The first-order chi connectivity index (χ1) is 21.1. The molecule has 11 heteroatoms. The molecule has 0 saturated carbocycles. The number of anilines is 1. The van der Waals surface area contributed by atoms with Crippen molar-refractivity contribution in [1.82, 2.24) is 10.2 Å². The van der Waals surface area contributed by atoms with Gasteiger partial charge in [0.05, 0.1) is 15.6 Å². The molecule has 0 aliphatic heterocycles. The number of benzene rings is 4. The van der Waals surface area contributed by atoms with Crippen LogP contribution in [0.4, 0.5) is 14.5 Å². The van der Waals surface area contributed by atoms with Gasteiger partial charge in [-0.3, -0.25) is 13.9 Å². The monoisotopic (exact) mass is 639 g/mol. The predicted octanol–water partition coefficient (Wildman–Crippen LogP) is 5.98. The molecule has 1 atom stereocenters. The lowest BCUT2D eigenvalue weighted by Crippen LogP contribution is -2.53. The maximum atomic E-state index is 14.9. The number of hydrogen-bond donors (Lipinski definition) is 1. The van der Waals surface area contributed by atoms with Crippen LogP contribution in [0.1, 0.15) is 24.5 Å². The van der Waals surface area contributed by atoms with E-state index in [-0.39, 0.29) is 34.1 Å². The molecule has 0 aliphatic rings. The molecule has 4 aromatic rings. The molecule has 0 heterocycles. The standard InChI is InChI=1S/C33H32ClF2N3O4S/c1-2-19-37-33(41)31(20-24-11-5-3-6-12-24)38(22-25-13-9-10-16-29(25)35)32(40)23-39(26-17-18-30(36)28(34)21-26)44(42,43)27-14-7-4-8-15-27/h3-18,21,31H,2,19-20,22-23H2,1H3,(H,37,41)/t31-/m0/s1. The van der Waals surface area contributed by atoms with Gasteiger partial charge in [-0.05, 0) is 48.4 Å². The van der Waals surface area contributed by atoms with E-state index in [0.29, 0.717) is 13.0 Å². The third-order valence-corrected chi connectivity index (χ3v) is 9.00. The quantitative estimate of drug-likeness (QED) is 0.195. The van der Waals surface area contributed by atoms with Crippen LogP contribution in [0.2, 0.25) is 5.02 Å².